The van der Waals surface area contributed by atoms with Crippen molar-refractivity contribution in [2.24, 2.45) is 0 Å². The summed E-state index contributed by atoms with van der Waals surface area (Å²) in [5.74, 6) is -1.37. The van der Waals surface area contributed by atoms with Crippen LogP contribution in [0.15, 0.2) is 18.2 Å². The second-order valence-corrected chi connectivity index (χ2v) is 6.05. The molecule has 1 aromatic carbocycles. The van der Waals surface area contributed by atoms with E-state index >= 15 is 0 Å². The predicted octanol–water partition coefficient (Wildman–Crippen LogP) is 0.583. The highest BCUT2D eigenvalue weighted by atomic mass is 35.5. The van der Waals surface area contributed by atoms with Crippen molar-refractivity contribution in [2.45, 2.75) is 5.75 Å². The van der Waals surface area contributed by atoms with E-state index in [1.807, 2.05) is 0 Å². The van der Waals surface area contributed by atoms with Crippen LogP contribution >= 0.6 is 11.6 Å². The molecular weight excluding hydrogens is 264 g/mol. The number of benzene rings is 1. The van der Waals surface area contributed by atoms with E-state index in [2.05, 4.69) is 5.32 Å². The molecule has 3 N–H and O–H groups in total. The zero-order valence-corrected chi connectivity index (χ0v) is 10.8. The number of halogens is 1. The van der Waals surface area contributed by atoms with Crippen LogP contribution in [0.1, 0.15) is 5.56 Å². The average molecular weight is 277 g/mol. The Morgan fingerprint density at radius 3 is 2.65 bits per heavy atom. The van der Waals surface area contributed by atoms with Gasteiger partial charge in [-0.05, 0) is 17.7 Å². The maximum Gasteiger partial charge on any atom is 0.234 e. The molecule has 1 aromatic rings. The highest BCUT2D eigenvalue weighted by molar-refractivity contribution is 7.91. The van der Waals surface area contributed by atoms with Gasteiger partial charge in [-0.25, -0.2) is 8.42 Å². The second kappa shape index (κ2) is 5.37. The van der Waals surface area contributed by atoms with Crippen molar-refractivity contribution >= 4 is 33.0 Å². The van der Waals surface area contributed by atoms with Crippen molar-refractivity contribution < 1.29 is 13.2 Å². The van der Waals surface area contributed by atoms with Crippen LogP contribution < -0.4 is 11.1 Å². The summed E-state index contributed by atoms with van der Waals surface area (Å²) in [6.07, 6.45) is 0. The first-order valence-electron chi connectivity index (χ1n) is 4.79. The number of amides is 1. The molecule has 0 aromatic heterocycles. The summed E-state index contributed by atoms with van der Waals surface area (Å²) in [6, 6.07) is 4.58. The van der Waals surface area contributed by atoms with Crippen molar-refractivity contribution in [3.8, 4) is 0 Å². The van der Waals surface area contributed by atoms with Gasteiger partial charge in [0, 0.05) is 17.8 Å². The Kier molecular flexibility index (Phi) is 4.36. The molecule has 17 heavy (non-hydrogen) atoms. The lowest BCUT2D eigenvalue weighted by Crippen LogP contribution is -2.27. The number of anilines is 1. The minimum absolute atomic E-state index is 0.274. The van der Waals surface area contributed by atoms with Crippen LogP contribution in [-0.2, 0) is 20.4 Å². The Hall–Kier alpha value is -1.27. The molecule has 7 heteroatoms. The van der Waals surface area contributed by atoms with E-state index in [1.165, 1.54) is 13.1 Å². The third-order valence-electron chi connectivity index (χ3n) is 2.11. The third kappa shape index (κ3) is 4.24. The Balaban J connectivity index is 2.87. The van der Waals surface area contributed by atoms with Gasteiger partial charge in [0.05, 0.1) is 5.75 Å². The predicted molar refractivity (Wildman–Crippen MR) is 67.4 cm³/mol. The van der Waals surface area contributed by atoms with Crippen LogP contribution in [0.4, 0.5) is 5.69 Å². The van der Waals surface area contributed by atoms with Gasteiger partial charge in [0.15, 0.2) is 9.84 Å². The summed E-state index contributed by atoms with van der Waals surface area (Å²) in [6.45, 7) is 0. The fraction of sp³-hybridized carbons (Fsp3) is 0.300. The fourth-order valence-corrected chi connectivity index (χ4v) is 2.82. The largest absolute Gasteiger partial charge is 0.398 e. The van der Waals surface area contributed by atoms with Crippen molar-refractivity contribution in [1.29, 1.82) is 0 Å². The first-order valence-corrected chi connectivity index (χ1v) is 6.99. The van der Waals surface area contributed by atoms with Crippen LogP contribution in [0, 0.1) is 0 Å². The second-order valence-electron chi connectivity index (χ2n) is 3.55. The fourth-order valence-electron chi connectivity index (χ4n) is 1.26. The Morgan fingerprint density at radius 2 is 2.12 bits per heavy atom. The number of rotatable bonds is 4. The number of hydrogen-bond donors (Lipinski definition) is 2. The first-order chi connectivity index (χ1) is 7.84. The van der Waals surface area contributed by atoms with Crippen molar-refractivity contribution in [2.75, 3.05) is 18.5 Å². The molecule has 0 aliphatic rings. The Labute approximate surface area is 105 Å². The minimum Gasteiger partial charge on any atom is -0.398 e. The number of hydrogen-bond acceptors (Lipinski definition) is 4. The van der Waals surface area contributed by atoms with E-state index < -0.39 is 21.5 Å². The molecule has 0 saturated heterocycles. The van der Waals surface area contributed by atoms with Crippen LogP contribution in [0.5, 0.6) is 0 Å². The monoisotopic (exact) mass is 276 g/mol. The number of nitrogens with one attached hydrogen (secondary N) is 1. The van der Waals surface area contributed by atoms with E-state index in [0.29, 0.717) is 16.3 Å². The summed E-state index contributed by atoms with van der Waals surface area (Å²) >= 11 is 5.70. The molecule has 0 saturated carbocycles. The molecular formula is C10H13ClN2O3S. The van der Waals surface area contributed by atoms with Crippen LogP contribution in [0.2, 0.25) is 5.02 Å². The lowest BCUT2D eigenvalue weighted by Gasteiger charge is -2.07. The van der Waals surface area contributed by atoms with Gasteiger partial charge in [-0.1, -0.05) is 17.7 Å². The first kappa shape index (κ1) is 13.8. The minimum atomic E-state index is -3.52. The van der Waals surface area contributed by atoms with Gasteiger partial charge in [0.25, 0.3) is 0 Å². The van der Waals surface area contributed by atoms with E-state index in [0.717, 1.165) is 0 Å². The van der Waals surface area contributed by atoms with Gasteiger partial charge in [-0.3, -0.25) is 4.79 Å². The molecule has 0 unspecified atom stereocenters. The molecule has 0 heterocycles. The molecule has 5 nitrogen and oxygen atoms in total. The van der Waals surface area contributed by atoms with Gasteiger partial charge < -0.3 is 11.1 Å². The summed E-state index contributed by atoms with van der Waals surface area (Å²) in [5.41, 5.74) is 6.39. The van der Waals surface area contributed by atoms with Gasteiger partial charge in [0.2, 0.25) is 5.91 Å². The molecule has 1 rings (SSSR count). The Bertz CT molecular complexity index is 528. The molecule has 0 atom stereocenters. The molecule has 0 spiro atoms. The summed E-state index contributed by atoms with van der Waals surface area (Å²) in [5, 5.41) is 2.70. The number of nitrogens with two attached hydrogens (primary N) is 1. The third-order valence-corrected chi connectivity index (χ3v) is 3.80. The van der Waals surface area contributed by atoms with Crippen LogP contribution in [0.3, 0.4) is 0 Å². The van der Waals surface area contributed by atoms with Gasteiger partial charge in [-0.2, -0.15) is 0 Å². The average Bonchev–Trinajstić information content (AvgIpc) is 2.21. The van der Waals surface area contributed by atoms with E-state index in [-0.39, 0.29) is 5.75 Å². The normalized spacial score (nSPS) is 11.2. The van der Waals surface area contributed by atoms with Gasteiger partial charge >= 0.3 is 0 Å². The number of sulfone groups is 1. The molecule has 0 aliphatic carbocycles. The smallest absolute Gasteiger partial charge is 0.234 e. The van der Waals surface area contributed by atoms with Crippen molar-refractivity contribution in [3.05, 3.63) is 28.8 Å². The zero-order chi connectivity index (χ0) is 13.1. The van der Waals surface area contributed by atoms with E-state index in [9.17, 15) is 13.2 Å². The highest BCUT2D eigenvalue weighted by Gasteiger charge is 2.17. The van der Waals surface area contributed by atoms with Crippen molar-refractivity contribution in [1.82, 2.24) is 5.32 Å². The molecule has 0 aliphatic heterocycles. The van der Waals surface area contributed by atoms with Gasteiger partial charge in [-0.15, -0.1) is 0 Å². The number of carbonyl (C=O) groups excluding carboxylic acids is 1. The summed E-state index contributed by atoms with van der Waals surface area (Å²) in [4.78, 5) is 11.0. The summed E-state index contributed by atoms with van der Waals surface area (Å²) < 4.78 is 23.3. The lowest BCUT2D eigenvalue weighted by atomic mass is 10.2. The zero-order valence-electron chi connectivity index (χ0n) is 9.23. The van der Waals surface area contributed by atoms with Gasteiger partial charge in [0.1, 0.15) is 5.75 Å². The summed E-state index contributed by atoms with van der Waals surface area (Å²) in [7, 11) is -2.13. The quantitative estimate of drug-likeness (QED) is 0.788. The van der Waals surface area contributed by atoms with Crippen LogP contribution in [-0.4, -0.2) is 27.1 Å². The van der Waals surface area contributed by atoms with Crippen LogP contribution in [0.25, 0.3) is 0 Å². The highest BCUT2D eigenvalue weighted by Crippen LogP contribution is 2.20. The number of nitrogen functional groups attached to an aromatic ring is 1. The standard InChI is InChI=1S/C10H13ClN2O3S/c1-13-10(14)6-17(15,16)5-7-2-3-8(11)4-9(7)12/h2-4H,5-6,12H2,1H3,(H,13,14). The molecule has 1 amide bonds. The molecule has 94 valence electrons. The maximum absolute atomic E-state index is 11.7. The lowest BCUT2D eigenvalue weighted by molar-refractivity contribution is -0.118. The SMILES string of the molecule is CNC(=O)CS(=O)(=O)Cc1ccc(Cl)cc1N. The van der Waals surface area contributed by atoms with E-state index in [1.54, 1.807) is 12.1 Å². The topological polar surface area (TPSA) is 89.3 Å². The maximum atomic E-state index is 11.7. The number of carbonyl (C=O) groups is 1. The van der Waals surface area contributed by atoms with E-state index in [4.69, 9.17) is 17.3 Å². The molecule has 0 radical (unpaired) electrons. The van der Waals surface area contributed by atoms with Crippen molar-refractivity contribution in [3.63, 3.8) is 0 Å². The molecule has 0 fully saturated rings. The molecule has 0 bridgehead atoms. The Morgan fingerprint density at radius 1 is 1.47 bits per heavy atom.